The van der Waals surface area contributed by atoms with E-state index in [1.54, 1.807) is 15.9 Å². The third-order valence-electron chi connectivity index (χ3n) is 8.75. The third kappa shape index (κ3) is 5.75. The van der Waals surface area contributed by atoms with Gasteiger partial charge in [0.1, 0.15) is 17.6 Å². The summed E-state index contributed by atoms with van der Waals surface area (Å²) >= 11 is 0. The molecule has 3 aliphatic rings. The number of nitrogens with zero attached hydrogens (tertiary/aromatic N) is 2. The summed E-state index contributed by atoms with van der Waals surface area (Å²) in [5.74, 6) is -2.34. The van der Waals surface area contributed by atoms with Gasteiger partial charge in [-0.2, -0.15) is 0 Å². The molecule has 5 atom stereocenters. The molecule has 1 spiro atoms. The maximum Gasteiger partial charge on any atom is 0.312 e. The fourth-order valence-electron chi connectivity index (χ4n) is 6.89. The number of carbonyl (C=O) groups is 3. The van der Waals surface area contributed by atoms with Gasteiger partial charge < -0.3 is 24.4 Å². The van der Waals surface area contributed by atoms with Crippen molar-refractivity contribution in [3.8, 4) is 0 Å². The molecule has 8 heteroatoms. The van der Waals surface area contributed by atoms with Gasteiger partial charge >= 0.3 is 5.97 Å². The van der Waals surface area contributed by atoms with Crippen LogP contribution in [0.1, 0.15) is 63.9 Å². The lowest BCUT2D eigenvalue weighted by Crippen LogP contribution is -2.56. The first-order valence-electron chi connectivity index (χ1n) is 14.7. The summed E-state index contributed by atoms with van der Waals surface area (Å²) in [5, 5.41) is 9.25. The molecule has 218 valence electrons. The second-order valence-corrected chi connectivity index (χ2v) is 11.5. The van der Waals surface area contributed by atoms with Crippen molar-refractivity contribution in [2.45, 2.75) is 82.1 Å². The molecule has 0 saturated carbocycles. The van der Waals surface area contributed by atoms with Gasteiger partial charge in [-0.15, -0.1) is 13.2 Å². The van der Waals surface area contributed by atoms with Crippen LogP contribution in [-0.2, 0) is 30.4 Å². The third-order valence-corrected chi connectivity index (χ3v) is 8.75. The Hall–Kier alpha value is -2.97. The number of esters is 1. The Morgan fingerprint density at radius 1 is 1.12 bits per heavy atom. The van der Waals surface area contributed by atoms with Crippen molar-refractivity contribution in [2.24, 2.45) is 11.8 Å². The first kappa shape index (κ1) is 30.0. The molecule has 40 heavy (non-hydrogen) atoms. The van der Waals surface area contributed by atoms with Crippen molar-refractivity contribution >= 4 is 17.8 Å². The molecule has 2 amide bonds. The Morgan fingerprint density at radius 3 is 2.60 bits per heavy atom. The summed E-state index contributed by atoms with van der Waals surface area (Å²) in [7, 11) is 0. The van der Waals surface area contributed by atoms with Gasteiger partial charge in [0.25, 0.3) is 0 Å². The number of rotatable bonds is 16. The van der Waals surface area contributed by atoms with Gasteiger partial charge in [-0.3, -0.25) is 14.4 Å². The Labute approximate surface area is 238 Å². The lowest BCUT2D eigenvalue weighted by Gasteiger charge is -2.37. The normalized spacial score (nSPS) is 28.4. The summed E-state index contributed by atoms with van der Waals surface area (Å²) < 4.78 is 12.4. The minimum Gasteiger partial charge on any atom is -0.465 e. The van der Waals surface area contributed by atoms with E-state index in [1.165, 1.54) is 0 Å². The summed E-state index contributed by atoms with van der Waals surface area (Å²) in [6.45, 7) is 10.9. The van der Waals surface area contributed by atoms with Crippen molar-refractivity contribution in [1.29, 1.82) is 0 Å². The maximum atomic E-state index is 14.4. The maximum absolute atomic E-state index is 14.4. The molecule has 1 N–H and O–H groups in total. The Balaban J connectivity index is 1.63. The van der Waals surface area contributed by atoms with E-state index in [4.69, 9.17) is 9.47 Å². The molecule has 2 bridgehead atoms. The van der Waals surface area contributed by atoms with Gasteiger partial charge in [0.2, 0.25) is 11.8 Å². The van der Waals surface area contributed by atoms with Crippen LogP contribution in [0.5, 0.6) is 0 Å². The number of likely N-dealkylation sites (tertiary alicyclic amines) is 1. The van der Waals surface area contributed by atoms with Crippen LogP contribution in [0.4, 0.5) is 0 Å². The fourth-order valence-corrected chi connectivity index (χ4v) is 6.89. The predicted octanol–water partition coefficient (Wildman–Crippen LogP) is 4.03. The van der Waals surface area contributed by atoms with E-state index in [0.717, 1.165) is 31.2 Å². The first-order valence-corrected chi connectivity index (χ1v) is 14.7. The largest absolute Gasteiger partial charge is 0.465 e. The quantitative estimate of drug-likeness (QED) is 0.189. The van der Waals surface area contributed by atoms with E-state index in [1.807, 2.05) is 43.3 Å². The highest BCUT2D eigenvalue weighted by Gasteiger charge is 2.78. The number of hydrogen-bond acceptors (Lipinski definition) is 6. The second kappa shape index (κ2) is 13.1. The van der Waals surface area contributed by atoms with Crippen LogP contribution in [0, 0.1) is 11.8 Å². The Kier molecular flexibility index (Phi) is 9.85. The monoisotopic (exact) mass is 552 g/mol. The molecule has 3 aliphatic heterocycles. The van der Waals surface area contributed by atoms with Gasteiger partial charge in [-0.1, -0.05) is 42.5 Å². The van der Waals surface area contributed by atoms with Crippen LogP contribution in [0.15, 0.2) is 55.6 Å². The van der Waals surface area contributed by atoms with E-state index >= 15 is 0 Å². The summed E-state index contributed by atoms with van der Waals surface area (Å²) in [6, 6.07) is 8.90. The molecular formula is C32H44N2O6. The van der Waals surface area contributed by atoms with Gasteiger partial charge in [0.15, 0.2) is 0 Å². The standard InChI is InChI=1S/C32H44N2O6/c1-4-6-7-14-22-39-30(38)26-25-28(36)34(20-12-9-13-21-35)27(32(25)18-17-31(26,3)40-32)29(37)33(19-5-2)23-24-15-10-8-11-16-24/h4-5,8,10-11,15-16,25-27,35H,1-2,6-7,9,12-14,17-23H2,3H3/t25-,26-,27?,31+,32?/m0/s1. The number of benzene rings is 1. The number of allylic oxidation sites excluding steroid dienone is 1. The smallest absolute Gasteiger partial charge is 0.312 e. The first-order chi connectivity index (χ1) is 19.3. The molecule has 0 aromatic heterocycles. The van der Waals surface area contributed by atoms with Crippen molar-refractivity contribution in [3.05, 3.63) is 61.2 Å². The predicted molar refractivity (Wildman–Crippen MR) is 152 cm³/mol. The fraction of sp³-hybridized carbons (Fsp3) is 0.594. The van der Waals surface area contributed by atoms with Gasteiger partial charge in [-0.05, 0) is 63.9 Å². The molecule has 0 radical (unpaired) electrons. The summed E-state index contributed by atoms with van der Waals surface area (Å²) in [6.07, 6.45) is 9.09. The van der Waals surface area contributed by atoms with Crippen molar-refractivity contribution in [3.63, 3.8) is 0 Å². The number of amides is 2. The average Bonchev–Trinajstić information content (AvgIpc) is 3.51. The molecule has 2 unspecified atom stereocenters. The average molecular weight is 553 g/mol. The topological polar surface area (TPSA) is 96.4 Å². The molecular weight excluding hydrogens is 508 g/mol. The van der Waals surface area contributed by atoms with Crippen LogP contribution >= 0.6 is 0 Å². The summed E-state index contributed by atoms with van der Waals surface area (Å²) in [5.41, 5.74) is -0.960. The number of aliphatic hydroxyl groups excluding tert-OH is 1. The Bertz CT molecular complexity index is 1080. The van der Waals surface area contributed by atoms with Gasteiger partial charge in [0.05, 0.1) is 18.1 Å². The van der Waals surface area contributed by atoms with E-state index in [0.29, 0.717) is 45.3 Å². The second-order valence-electron chi connectivity index (χ2n) is 11.5. The molecule has 3 saturated heterocycles. The molecule has 3 heterocycles. The number of unbranched alkanes of at least 4 members (excludes halogenated alkanes) is 4. The molecule has 4 rings (SSSR count). The Morgan fingerprint density at radius 2 is 1.90 bits per heavy atom. The molecule has 3 fully saturated rings. The minimum atomic E-state index is -1.08. The van der Waals surface area contributed by atoms with E-state index in [-0.39, 0.29) is 25.0 Å². The number of ether oxygens (including phenoxy) is 2. The van der Waals surface area contributed by atoms with Crippen LogP contribution < -0.4 is 0 Å². The highest BCUT2D eigenvalue weighted by atomic mass is 16.6. The summed E-state index contributed by atoms with van der Waals surface area (Å²) in [4.78, 5) is 45.4. The zero-order chi connectivity index (χ0) is 28.8. The SMILES string of the molecule is C=CCCCCOC(=O)[C@@H]1[C@H]2C(=O)N(CCCCCO)C(C(=O)N(CC=C)Cc3ccccc3)C23CC[C@@]1(C)O3. The van der Waals surface area contributed by atoms with Gasteiger partial charge in [0, 0.05) is 26.2 Å². The van der Waals surface area contributed by atoms with E-state index in [2.05, 4.69) is 13.2 Å². The highest BCUT2D eigenvalue weighted by Crippen LogP contribution is 2.63. The van der Waals surface area contributed by atoms with Crippen LogP contribution in [0.25, 0.3) is 0 Å². The lowest BCUT2D eigenvalue weighted by molar-refractivity contribution is -0.160. The van der Waals surface area contributed by atoms with Crippen molar-refractivity contribution in [1.82, 2.24) is 9.80 Å². The lowest BCUT2D eigenvalue weighted by atomic mass is 9.66. The molecule has 8 nitrogen and oxygen atoms in total. The van der Waals surface area contributed by atoms with Crippen LogP contribution in [-0.4, -0.2) is 76.2 Å². The van der Waals surface area contributed by atoms with E-state index in [9.17, 15) is 19.5 Å². The zero-order valence-electron chi connectivity index (χ0n) is 23.8. The van der Waals surface area contributed by atoms with Crippen LogP contribution in [0.2, 0.25) is 0 Å². The minimum absolute atomic E-state index is 0.0786. The van der Waals surface area contributed by atoms with Crippen molar-refractivity contribution in [2.75, 3.05) is 26.3 Å². The van der Waals surface area contributed by atoms with Gasteiger partial charge in [-0.25, -0.2) is 0 Å². The van der Waals surface area contributed by atoms with Crippen molar-refractivity contribution < 1.29 is 29.0 Å². The number of aliphatic hydroxyl groups is 1. The van der Waals surface area contributed by atoms with E-state index < -0.39 is 35.0 Å². The van der Waals surface area contributed by atoms with Crippen LogP contribution in [0.3, 0.4) is 0 Å². The number of fused-ring (bicyclic) bond motifs is 1. The molecule has 1 aromatic rings. The molecule has 0 aliphatic carbocycles. The number of hydrogen-bond donors (Lipinski definition) is 1. The number of carbonyl (C=O) groups excluding carboxylic acids is 3. The zero-order valence-corrected chi connectivity index (χ0v) is 23.8. The highest BCUT2D eigenvalue weighted by molar-refractivity contribution is 5.98. The molecule has 1 aromatic carbocycles.